The first-order valence-corrected chi connectivity index (χ1v) is 11.5. The second-order valence-electron chi connectivity index (χ2n) is 10.4. The summed E-state index contributed by atoms with van der Waals surface area (Å²) in [6, 6.07) is 21.8. The van der Waals surface area contributed by atoms with Crippen LogP contribution >= 0.6 is 0 Å². The van der Waals surface area contributed by atoms with Crippen molar-refractivity contribution in [3.8, 4) is 11.1 Å². The number of fused-ring (bicyclic) bond motifs is 10. The summed E-state index contributed by atoms with van der Waals surface area (Å²) in [7, 11) is 0. The van der Waals surface area contributed by atoms with Crippen LogP contribution in [-0.4, -0.2) is 14.4 Å². The fourth-order valence-electron chi connectivity index (χ4n) is 5.64. The Morgan fingerprint density at radius 1 is 0.781 bits per heavy atom. The third kappa shape index (κ3) is 2.42. The summed E-state index contributed by atoms with van der Waals surface area (Å²) in [6.45, 7) is 6.72. The zero-order valence-electron chi connectivity index (χ0n) is 18.6. The molecule has 0 spiro atoms. The largest absolute Gasteiger partial charge is 0.279 e. The van der Waals surface area contributed by atoms with Crippen molar-refractivity contribution in [2.24, 2.45) is 0 Å². The molecule has 32 heavy (non-hydrogen) atoms. The average Bonchev–Trinajstić information content (AvgIpc) is 3.50. The lowest BCUT2D eigenvalue weighted by Gasteiger charge is -2.21. The van der Waals surface area contributed by atoms with Crippen LogP contribution in [0.25, 0.3) is 38.7 Å². The zero-order chi connectivity index (χ0) is 21.6. The standard InChI is InChI=1S/C29H25N3/c1-29(2,3)28-31-24-14-18(17-7-5-4-6-8-17)11-12-21(24)27-30-25-15-22-19-9-10-20(13-19)23(22)16-26(25)32(27)28/h4-12,14-16,19-20H,13H2,1-3H3. The average molecular weight is 416 g/mol. The first-order chi connectivity index (χ1) is 15.5. The molecule has 7 rings (SSSR count). The van der Waals surface area contributed by atoms with Crippen LogP contribution in [-0.2, 0) is 5.41 Å². The topological polar surface area (TPSA) is 30.2 Å². The van der Waals surface area contributed by atoms with E-state index in [9.17, 15) is 0 Å². The minimum atomic E-state index is -0.110. The van der Waals surface area contributed by atoms with E-state index in [-0.39, 0.29) is 5.41 Å². The molecule has 2 heterocycles. The van der Waals surface area contributed by atoms with Gasteiger partial charge >= 0.3 is 0 Å². The molecule has 0 fully saturated rings. The van der Waals surface area contributed by atoms with Gasteiger partial charge in [-0.1, -0.05) is 69.3 Å². The van der Waals surface area contributed by atoms with Crippen LogP contribution in [0.3, 0.4) is 0 Å². The number of allylic oxidation sites excluding steroid dienone is 2. The van der Waals surface area contributed by atoms with Crippen molar-refractivity contribution in [2.45, 2.75) is 44.4 Å². The van der Waals surface area contributed by atoms with Crippen molar-refractivity contribution in [3.63, 3.8) is 0 Å². The minimum Gasteiger partial charge on any atom is -0.279 e. The quantitative estimate of drug-likeness (QED) is 0.272. The van der Waals surface area contributed by atoms with Gasteiger partial charge in [-0.05, 0) is 52.9 Å². The fraction of sp³-hybridized carbons (Fsp3) is 0.241. The highest BCUT2D eigenvalue weighted by molar-refractivity contribution is 5.98. The molecule has 2 aliphatic rings. The van der Waals surface area contributed by atoms with Crippen LogP contribution < -0.4 is 0 Å². The molecule has 0 saturated carbocycles. The predicted octanol–water partition coefficient (Wildman–Crippen LogP) is 7.14. The van der Waals surface area contributed by atoms with E-state index in [1.165, 1.54) is 34.2 Å². The van der Waals surface area contributed by atoms with Crippen LogP contribution in [0.1, 0.15) is 56.0 Å². The second kappa shape index (κ2) is 6.07. The van der Waals surface area contributed by atoms with Gasteiger partial charge in [-0.25, -0.2) is 9.97 Å². The number of rotatable bonds is 1. The van der Waals surface area contributed by atoms with Gasteiger partial charge < -0.3 is 0 Å². The van der Waals surface area contributed by atoms with Crippen molar-refractivity contribution in [2.75, 3.05) is 0 Å². The summed E-state index contributed by atoms with van der Waals surface area (Å²) in [6.07, 6.45) is 5.98. The molecule has 0 aliphatic heterocycles. The molecule has 2 atom stereocenters. The first-order valence-electron chi connectivity index (χ1n) is 11.5. The highest BCUT2D eigenvalue weighted by Crippen LogP contribution is 2.49. The summed E-state index contributed by atoms with van der Waals surface area (Å²) in [5.74, 6) is 2.19. The number of hydrogen-bond donors (Lipinski definition) is 0. The molecule has 2 aliphatic carbocycles. The summed E-state index contributed by atoms with van der Waals surface area (Å²) in [4.78, 5) is 10.4. The van der Waals surface area contributed by atoms with E-state index in [1.54, 1.807) is 0 Å². The predicted molar refractivity (Wildman–Crippen MR) is 131 cm³/mol. The normalized spacial score (nSPS) is 19.5. The number of benzene rings is 3. The summed E-state index contributed by atoms with van der Waals surface area (Å²) >= 11 is 0. The Kier molecular flexibility index (Phi) is 3.44. The van der Waals surface area contributed by atoms with Gasteiger partial charge in [0.25, 0.3) is 0 Å². The molecule has 2 unspecified atom stereocenters. The highest BCUT2D eigenvalue weighted by Gasteiger charge is 2.34. The number of imidazole rings is 1. The molecule has 0 radical (unpaired) electrons. The second-order valence-corrected chi connectivity index (χ2v) is 10.4. The Morgan fingerprint density at radius 2 is 1.53 bits per heavy atom. The van der Waals surface area contributed by atoms with Crippen LogP contribution in [0.15, 0.2) is 72.8 Å². The molecule has 2 bridgehead atoms. The molecule has 0 N–H and O–H groups in total. The first kappa shape index (κ1) is 18.1. The highest BCUT2D eigenvalue weighted by atomic mass is 15.1. The van der Waals surface area contributed by atoms with Crippen LogP contribution in [0.2, 0.25) is 0 Å². The summed E-state index contributed by atoms with van der Waals surface area (Å²) < 4.78 is 2.32. The Morgan fingerprint density at radius 3 is 2.28 bits per heavy atom. The van der Waals surface area contributed by atoms with Crippen LogP contribution in [0.4, 0.5) is 0 Å². The molecule has 2 aromatic heterocycles. The summed E-state index contributed by atoms with van der Waals surface area (Å²) in [5, 5.41) is 1.11. The Labute approximate surface area is 187 Å². The van der Waals surface area contributed by atoms with Gasteiger partial charge in [0.05, 0.1) is 16.6 Å². The van der Waals surface area contributed by atoms with E-state index in [4.69, 9.17) is 9.97 Å². The lowest BCUT2D eigenvalue weighted by atomic mass is 9.94. The molecular formula is C29H25N3. The zero-order valence-corrected chi connectivity index (χ0v) is 18.6. The van der Waals surface area contributed by atoms with E-state index >= 15 is 0 Å². The number of hydrogen-bond acceptors (Lipinski definition) is 2. The van der Waals surface area contributed by atoms with Crippen molar-refractivity contribution in [1.29, 1.82) is 0 Å². The van der Waals surface area contributed by atoms with E-state index < -0.39 is 0 Å². The van der Waals surface area contributed by atoms with E-state index in [2.05, 4.69) is 98.0 Å². The van der Waals surface area contributed by atoms with Crippen molar-refractivity contribution < 1.29 is 0 Å². The van der Waals surface area contributed by atoms with Crippen molar-refractivity contribution >= 4 is 27.6 Å². The van der Waals surface area contributed by atoms with Gasteiger partial charge in [-0.2, -0.15) is 0 Å². The van der Waals surface area contributed by atoms with E-state index in [0.717, 1.165) is 27.9 Å². The van der Waals surface area contributed by atoms with Gasteiger partial charge in [0.15, 0.2) is 0 Å². The molecule has 3 heteroatoms. The molecule has 3 aromatic carbocycles. The van der Waals surface area contributed by atoms with Crippen LogP contribution in [0, 0.1) is 0 Å². The molecule has 156 valence electrons. The molecule has 0 amide bonds. The Balaban J connectivity index is 1.56. The monoisotopic (exact) mass is 415 g/mol. The minimum absolute atomic E-state index is 0.110. The molecule has 3 nitrogen and oxygen atoms in total. The third-order valence-electron chi connectivity index (χ3n) is 7.20. The van der Waals surface area contributed by atoms with Gasteiger partial charge in [0.2, 0.25) is 0 Å². The van der Waals surface area contributed by atoms with Gasteiger partial charge in [0.1, 0.15) is 11.5 Å². The van der Waals surface area contributed by atoms with E-state index in [1.807, 2.05) is 0 Å². The molecule has 5 aromatic rings. The number of nitrogens with zero attached hydrogens (tertiary/aromatic N) is 3. The van der Waals surface area contributed by atoms with Crippen LogP contribution in [0.5, 0.6) is 0 Å². The Hall–Kier alpha value is -3.46. The maximum absolute atomic E-state index is 5.23. The lowest BCUT2D eigenvalue weighted by molar-refractivity contribution is 0.542. The maximum atomic E-state index is 5.23. The Bertz CT molecular complexity index is 1580. The van der Waals surface area contributed by atoms with Gasteiger partial charge in [-0.3, -0.25) is 4.40 Å². The SMILES string of the molecule is CC(C)(C)c1nc2cc(-c3ccccc3)ccc2c2nc3cc4c(cc3n12)C1C=CC4C1. The summed E-state index contributed by atoms with van der Waals surface area (Å²) in [5.41, 5.74) is 9.52. The van der Waals surface area contributed by atoms with Gasteiger partial charge in [0, 0.05) is 22.6 Å². The maximum Gasteiger partial charge on any atom is 0.148 e. The van der Waals surface area contributed by atoms with Crippen molar-refractivity contribution in [1.82, 2.24) is 14.4 Å². The molecule has 0 saturated heterocycles. The smallest absolute Gasteiger partial charge is 0.148 e. The third-order valence-corrected chi connectivity index (χ3v) is 7.20. The lowest BCUT2D eigenvalue weighted by Crippen LogP contribution is -2.19. The van der Waals surface area contributed by atoms with Crippen molar-refractivity contribution in [3.05, 3.63) is 89.8 Å². The van der Waals surface area contributed by atoms with E-state index in [0.29, 0.717) is 11.8 Å². The molecular weight excluding hydrogens is 390 g/mol. The number of aromatic nitrogens is 3. The van der Waals surface area contributed by atoms with Gasteiger partial charge in [-0.15, -0.1) is 0 Å². The fourth-order valence-corrected chi connectivity index (χ4v) is 5.64.